The van der Waals surface area contributed by atoms with E-state index in [2.05, 4.69) is 39.1 Å². The van der Waals surface area contributed by atoms with Crippen LogP contribution in [0.25, 0.3) is 5.69 Å². The molecule has 9 heteroatoms. The lowest BCUT2D eigenvalue weighted by molar-refractivity contribution is 0.214. The largest absolute Gasteiger partial charge is 0.339 e. The van der Waals surface area contributed by atoms with Crippen molar-refractivity contribution in [3.8, 4) is 5.69 Å². The van der Waals surface area contributed by atoms with Gasteiger partial charge in [-0.05, 0) is 56.1 Å². The molecule has 3 heterocycles. The maximum absolute atomic E-state index is 13.5. The van der Waals surface area contributed by atoms with Gasteiger partial charge in [0.2, 0.25) is 5.89 Å². The minimum Gasteiger partial charge on any atom is -0.339 e. The number of piperidine rings is 1. The number of thioether (sulfide) groups is 1. The number of nitrogens with zero attached hydrogens (tertiary/aromatic N) is 6. The van der Waals surface area contributed by atoms with Crippen molar-refractivity contribution in [2.24, 2.45) is 5.92 Å². The second-order valence-electron chi connectivity index (χ2n) is 8.04. The van der Waals surface area contributed by atoms with Gasteiger partial charge in [-0.15, -0.1) is 10.2 Å². The maximum Gasteiger partial charge on any atom is 0.226 e. The lowest BCUT2D eigenvalue weighted by atomic mass is 10.1. The van der Waals surface area contributed by atoms with Crippen LogP contribution in [0.5, 0.6) is 0 Å². The molecule has 0 radical (unpaired) electrons. The Labute approximate surface area is 180 Å². The van der Waals surface area contributed by atoms with Crippen LogP contribution in [0.3, 0.4) is 0 Å². The van der Waals surface area contributed by atoms with E-state index in [1.54, 1.807) is 12.1 Å². The number of benzene rings is 1. The molecule has 0 aliphatic carbocycles. The number of halogens is 1. The Balaban J connectivity index is 1.54. The smallest absolute Gasteiger partial charge is 0.226 e. The lowest BCUT2D eigenvalue weighted by Crippen LogP contribution is -2.30. The topological polar surface area (TPSA) is 72.9 Å². The standard InChI is InChI=1S/C21H27FN6OS/c1-15(2)12-20-23-18(26-29-20)14-30-21-25-24-19(13-27-10-4-3-5-11-27)28(21)17-8-6-16(22)7-9-17/h6-9,15H,3-5,10-14H2,1-2H3. The molecule has 2 aromatic heterocycles. The van der Waals surface area contributed by atoms with Gasteiger partial charge in [-0.25, -0.2) is 4.39 Å². The van der Waals surface area contributed by atoms with Gasteiger partial charge in [0.05, 0.1) is 12.3 Å². The summed E-state index contributed by atoms with van der Waals surface area (Å²) in [5, 5.41) is 13.7. The van der Waals surface area contributed by atoms with Crippen molar-refractivity contribution in [3.63, 3.8) is 0 Å². The molecular formula is C21H27FN6OS. The van der Waals surface area contributed by atoms with E-state index < -0.39 is 0 Å². The minimum atomic E-state index is -0.261. The Morgan fingerprint density at radius 3 is 2.60 bits per heavy atom. The van der Waals surface area contributed by atoms with Crippen LogP contribution in [0.1, 0.15) is 50.6 Å². The predicted molar refractivity (Wildman–Crippen MR) is 113 cm³/mol. The minimum absolute atomic E-state index is 0.261. The highest BCUT2D eigenvalue weighted by Gasteiger charge is 2.19. The molecule has 1 aromatic carbocycles. The molecule has 0 atom stereocenters. The first-order valence-corrected chi connectivity index (χ1v) is 11.4. The third kappa shape index (κ3) is 5.26. The molecule has 7 nitrogen and oxygen atoms in total. The molecule has 1 saturated heterocycles. The van der Waals surface area contributed by atoms with E-state index in [0.29, 0.717) is 23.4 Å². The number of likely N-dealkylation sites (tertiary alicyclic amines) is 1. The summed E-state index contributed by atoms with van der Waals surface area (Å²) in [4.78, 5) is 6.87. The highest BCUT2D eigenvalue weighted by molar-refractivity contribution is 7.98. The molecule has 1 fully saturated rings. The monoisotopic (exact) mass is 430 g/mol. The van der Waals surface area contributed by atoms with Gasteiger partial charge in [-0.3, -0.25) is 9.47 Å². The maximum atomic E-state index is 13.5. The van der Waals surface area contributed by atoms with Crippen LogP contribution >= 0.6 is 11.8 Å². The molecule has 30 heavy (non-hydrogen) atoms. The average Bonchev–Trinajstić information content (AvgIpc) is 3.34. The summed E-state index contributed by atoms with van der Waals surface area (Å²) in [6, 6.07) is 6.45. The quantitative estimate of drug-likeness (QED) is 0.494. The van der Waals surface area contributed by atoms with Gasteiger partial charge in [0.1, 0.15) is 5.82 Å². The summed E-state index contributed by atoms with van der Waals surface area (Å²) < 4.78 is 20.8. The summed E-state index contributed by atoms with van der Waals surface area (Å²) in [6.07, 6.45) is 4.47. The highest BCUT2D eigenvalue weighted by Crippen LogP contribution is 2.26. The summed E-state index contributed by atoms with van der Waals surface area (Å²) in [6.45, 7) is 7.10. The Morgan fingerprint density at radius 2 is 1.87 bits per heavy atom. The molecule has 1 aliphatic rings. The molecule has 0 spiro atoms. The fourth-order valence-electron chi connectivity index (χ4n) is 3.57. The first-order chi connectivity index (χ1) is 14.6. The van der Waals surface area contributed by atoms with Crippen molar-refractivity contribution < 1.29 is 8.91 Å². The van der Waals surface area contributed by atoms with Gasteiger partial charge >= 0.3 is 0 Å². The molecule has 0 amide bonds. The van der Waals surface area contributed by atoms with Crippen molar-refractivity contribution in [3.05, 3.63) is 47.6 Å². The molecule has 0 bridgehead atoms. The van der Waals surface area contributed by atoms with Gasteiger partial charge in [0, 0.05) is 12.1 Å². The van der Waals surface area contributed by atoms with Gasteiger partial charge < -0.3 is 4.52 Å². The Kier molecular flexibility index (Phi) is 6.79. The van der Waals surface area contributed by atoms with Gasteiger partial charge in [-0.1, -0.05) is 37.2 Å². The van der Waals surface area contributed by atoms with Crippen LogP contribution in [0.15, 0.2) is 33.9 Å². The van der Waals surface area contributed by atoms with Crippen LogP contribution in [0.4, 0.5) is 4.39 Å². The number of rotatable bonds is 8. The lowest BCUT2D eigenvalue weighted by Gasteiger charge is -2.26. The Hall–Kier alpha value is -2.26. The fourth-order valence-corrected chi connectivity index (χ4v) is 4.39. The zero-order chi connectivity index (χ0) is 20.9. The van der Waals surface area contributed by atoms with Gasteiger partial charge in [0.15, 0.2) is 16.8 Å². The van der Waals surface area contributed by atoms with Gasteiger partial charge in [-0.2, -0.15) is 4.98 Å². The number of aromatic nitrogens is 5. The van der Waals surface area contributed by atoms with Crippen LogP contribution in [0, 0.1) is 11.7 Å². The van der Waals surface area contributed by atoms with E-state index in [1.807, 2.05) is 4.57 Å². The van der Waals surface area contributed by atoms with Crippen molar-refractivity contribution in [2.45, 2.75) is 57.0 Å². The highest BCUT2D eigenvalue weighted by atomic mass is 32.2. The van der Waals surface area contributed by atoms with Crippen molar-refractivity contribution >= 4 is 11.8 Å². The number of hydrogen-bond acceptors (Lipinski definition) is 7. The third-order valence-corrected chi connectivity index (χ3v) is 5.95. The Morgan fingerprint density at radius 1 is 1.10 bits per heavy atom. The first kappa shape index (κ1) is 21.0. The summed E-state index contributed by atoms with van der Waals surface area (Å²) in [5.74, 6) is 2.89. The molecule has 0 saturated carbocycles. The van der Waals surface area contributed by atoms with E-state index >= 15 is 0 Å². The molecule has 0 N–H and O–H groups in total. The first-order valence-electron chi connectivity index (χ1n) is 10.5. The zero-order valence-corrected chi connectivity index (χ0v) is 18.2. The summed E-state index contributed by atoms with van der Waals surface area (Å²) in [7, 11) is 0. The van der Waals surface area contributed by atoms with Crippen LogP contribution in [0.2, 0.25) is 0 Å². The second kappa shape index (κ2) is 9.70. The summed E-state index contributed by atoms with van der Waals surface area (Å²) >= 11 is 1.51. The molecule has 160 valence electrons. The van der Waals surface area contributed by atoms with E-state index in [1.165, 1.54) is 43.2 Å². The molecule has 4 rings (SSSR count). The van der Waals surface area contributed by atoms with Crippen LogP contribution in [-0.2, 0) is 18.7 Å². The molecule has 1 aliphatic heterocycles. The molecule has 0 unspecified atom stereocenters. The second-order valence-corrected chi connectivity index (χ2v) is 8.98. The zero-order valence-electron chi connectivity index (χ0n) is 17.4. The SMILES string of the molecule is CC(C)Cc1nc(CSc2nnc(CN3CCCCC3)n2-c2ccc(F)cc2)no1. The van der Waals surface area contributed by atoms with Crippen LogP contribution in [-0.4, -0.2) is 42.9 Å². The van der Waals surface area contributed by atoms with E-state index in [9.17, 15) is 4.39 Å². The summed E-state index contributed by atoms with van der Waals surface area (Å²) in [5.41, 5.74) is 0.851. The third-order valence-electron chi connectivity index (χ3n) is 5.02. The van der Waals surface area contributed by atoms with Crippen LogP contribution < -0.4 is 0 Å². The van der Waals surface area contributed by atoms with E-state index in [-0.39, 0.29) is 5.82 Å². The molecule has 3 aromatic rings. The number of hydrogen-bond donors (Lipinski definition) is 0. The van der Waals surface area contributed by atoms with Crippen molar-refractivity contribution in [1.29, 1.82) is 0 Å². The normalized spacial score (nSPS) is 15.2. The average molecular weight is 431 g/mol. The predicted octanol–water partition coefficient (Wildman–Crippen LogP) is 4.27. The fraction of sp³-hybridized carbons (Fsp3) is 0.524. The van der Waals surface area contributed by atoms with Crippen molar-refractivity contribution in [2.75, 3.05) is 13.1 Å². The van der Waals surface area contributed by atoms with E-state index in [4.69, 9.17) is 4.52 Å². The van der Waals surface area contributed by atoms with Crippen molar-refractivity contribution in [1.82, 2.24) is 29.8 Å². The van der Waals surface area contributed by atoms with E-state index in [0.717, 1.165) is 42.7 Å². The van der Waals surface area contributed by atoms with Gasteiger partial charge in [0.25, 0.3) is 0 Å². The molecular weight excluding hydrogens is 403 g/mol. The Bertz CT molecular complexity index is 949.